The fourth-order valence-corrected chi connectivity index (χ4v) is 2.68. The molecule has 1 heterocycles. The van der Waals surface area contributed by atoms with Gasteiger partial charge in [-0.3, -0.25) is 14.2 Å². The van der Waals surface area contributed by atoms with Gasteiger partial charge < -0.3 is 15.8 Å². The van der Waals surface area contributed by atoms with Crippen LogP contribution in [0, 0.1) is 6.92 Å². The number of aromatic nitrogens is 2. The molecule has 0 aliphatic rings. The van der Waals surface area contributed by atoms with Crippen molar-refractivity contribution in [2.75, 3.05) is 17.7 Å². The molecule has 7 heteroatoms. The number of nitrogen functional groups attached to an aromatic ring is 1. The van der Waals surface area contributed by atoms with Gasteiger partial charge in [-0.2, -0.15) is 4.98 Å². The predicted molar refractivity (Wildman–Crippen MR) is 103 cm³/mol. The van der Waals surface area contributed by atoms with E-state index < -0.39 is 0 Å². The summed E-state index contributed by atoms with van der Waals surface area (Å²) in [6, 6.07) is 7.48. The van der Waals surface area contributed by atoms with Crippen LogP contribution in [0.15, 0.2) is 29.1 Å². The van der Waals surface area contributed by atoms with Crippen LogP contribution in [-0.2, 0) is 22.5 Å². The Labute approximate surface area is 153 Å². The lowest BCUT2D eigenvalue weighted by Gasteiger charge is -2.12. The number of anilines is 3. The summed E-state index contributed by atoms with van der Waals surface area (Å²) in [5.41, 5.74) is 9.08. The van der Waals surface area contributed by atoms with Gasteiger partial charge in [0.2, 0.25) is 5.95 Å². The third-order valence-corrected chi connectivity index (χ3v) is 4.12. The maximum atomic E-state index is 12.3. The molecule has 2 aromatic rings. The van der Waals surface area contributed by atoms with E-state index in [1.807, 2.05) is 18.2 Å². The van der Waals surface area contributed by atoms with E-state index in [-0.39, 0.29) is 17.5 Å². The van der Waals surface area contributed by atoms with Crippen LogP contribution in [0.5, 0.6) is 0 Å². The molecule has 0 aliphatic heterocycles. The number of hydrogen-bond acceptors (Lipinski definition) is 6. The number of carbonyl (C=O) groups excluding carboxylic acids is 1. The highest BCUT2D eigenvalue weighted by molar-refractivity contribution is 5.65. The Morgan fingerprint density at radius 1 is 1.31 bits per heavy atom. The van der Waals surface area contributed by atoms with Crippen molar-refractivity contribution in [2.45, 2.75) is 46.6 Å². The van der Waals surface area contributed by atoms with Gasteiger partial charge in [0.1, 0.15) is 5.82 Å². The Kier molecular flexibility index (Phi) is 6.77. The number of rotatable bonds is 8. The summed E-state index contributed by atoms with van der Waals surface area (Å²) in [4.78, 5) is 27.3. The molecule has 2 rings (SSSR count). The molecule has 0 atom stereocenters. The van der Waals surface area contributed by atoms with Crippen molar-refractivity contribution in [2.24, 2.45) is 0 Å². The minimum absolute atomic E-state index is 0.162. The van der Waals surface area contributed by atoms with Crippen molar-refractivity contribution in [3.05, 3.63) is 45.7 Å². The highest BCUT2D eigenvalue weighted by Crippen LogP contribution is 2.19. The van der Waals surface area contributed by atoms with E-state index in [1.165, 1.54) is 28.7 Å². The minimum Gasteiger partial charge on any atom is -0.466 e. The van der Waals surface area contributed by atoms with Crippen molar-refractivity contribution >= 4 is 23.4 Å². The first-order valence-electron chi connectivity index (χ1n) is 8.78. The quantitative estimate of drug-likeness (QED) is 0.556. The topological polar surface area (TPSA) is 99.2 Å². The molecule has 140 valence electrons. The van der Waals surface area contributed by atoms with Crippen LogP contribution in [0.1, 0.15) is 37.8 Å². The van der Waals surface area contributed by atoms with Gasteiger partial charge in [-0.25, -0.2) is 0 Å². The number of nitrogens with two attached hydrogens (primary N) is 1. The molecule has 0 amide bonds. The Morgan fingerprint density at radius 3 is 2.73 bits per heavy atom. The molecule has 3 N–H and O–H groups in total. The first-order chi connectivity index (χ1) is 12.4. The minimum atomic E-state index is -0.305. The summed E-state index contributed by atoms with van der Waals surface area (Å²) in [7, 11) is 0. The Hall–Kier alpha value is -2.83. The molecule has 0 saturated heterocycles. The third-order valence-electron chi connectivity index (χ3n) is 4.12. The van der Waals surface area contributed by atoms with Gasteiger partial charge in [0.25, 0.3) is 5.56 Å². The first kappa shape index (κ1) is 19.5. The van der Waals surface area contributed by atoms with Gasteiger partial charge >= 0.3 is 5.97 Å². The third kappa shape index (κ3) is 5.34. The van der Waals surface area contributed by atoms with E-state index >= 15 is 0 Å². The maximum Gasteiger partial charge on any atom is 0.302 e. The number of benzene rings is 1. The zero-order chi connectivity index (χ0) is 19.1. The molecular weight excluding hydrogens is 332 g/mol. The van der Waals surface area contributed by atoms with Crippen LogP contribution < -0.4 is 16.6 Å². The Bertz CT molecular complexity index is 830. The molecule has 0 radical (unpaired) electrons. The maximum absolute atomic E-state index is 12.3. The molecule has 0 saturated carbocycles. The number of unbranched alkanes of at least 4 members (excludes halogenated alkanes) is 1. The van der Waals surface area contributed by atoms with Gasteiger partial charge in [-0.1, -0.05) is 13.0 Å². The van der Waals surface area contributed by atoms with E-state index in [2.05, 4.69) is 24.1 Å². The molecule has 0 fully saturated rings. The number of aryl methyl sites for hydroxylation is 2. The van der Waals surface area contributed by atoms with Crippen LogP contribution in [0.2, 0.25) is 0 Å². The molecule has 26 heavy (non-hydrogen) atoms. The Morgan fingerprint density at radius 2 is 2.08 bits per heavy atom. The zero-order valence-corrected chi connectivity index (χ0v) is 15.5. The SMILES string of the molecule is CCc1cc(Nc2cc(=O)n(CCCCOC(C)=O)c(N)n2)ccc1C. The lowest BCUT2D eigenvalue weighted by Crippen LogP contribution is -2.24. The largest absolute Gasteiger partial charge is 0.466 e. The van der Waals surface area contributed by atoms with Crippen molar-refractivity contribution < 1.29 is 9.53 Å². The molecule has 1 aromatic carbocycles. The first-order valence-corrected chi connectivity index (χ1v) is 8.78. The number of carbonyl (C=O) groups is 1. The van der Waals surface area contributed by atoms with Gasteiger partial charge in [-0.05, 0) is 49.4 Å². The van der Waals surface area contributed by atoms with Crippen molar-refractivity contribution in [1.29, 1.82) is 0 Å². The van der Waals surface area contributed by atoms with E-state index in [4.69, 9.17) is 10.5 Å². The fourth-order valence-electron chi connectivity index (χ4n) is 2.68. The highest BCUT2D eigenvalue weighted by Gasteiger charge is 2.07. The normalized spacial score (nSPS) is 10.6. The molecule has 0 spiro atoms. The summed E-state index contributed by atoms with van der Waals surface area (Å²) in [5.74, 6) is 0.283. The average Bonchev–Trinajstić information content (AvgIpc) is 2.58. The zero-order valence-electron chi connectivity index (χ0n) is 15.5. The van der Waals surface area contributed by atoms with Crippen LogP contribution >= 0.6 is 0 Å². The fraction of sp³-hybridized carbons (Fsp3) is 0.421. The highest BCUT2D eigenvalue weighted by atomic mass is 16.5. The molecular formula is C19H26N4O3. The number of nitrogens with one attached hydrogen (secondary N) is 1. The van der Waals surface area contributed by atoms with E-state index in [1.54, 1.807) is 0 Å². The second-order valence-electron chi connectivity index (χ2n) is 6.16. The Balaban J connectivity index is 2.04. The average molecular weight is 358 g/mol. The second kappa shape index (κ2) is 9.03. The smallest absolute Gasteiger partial charge is 0.302 e. The summed E-state index contributed by atoms with van der Waals surface area (Å²) >= 11 is 0. The summed E-state index contributed by atoms with van der Waals surface area (Å²) in [6.45, 7) is 6.32. The molecule has 0 bridgehead atoms. The lowest BCUT2D eigenvalue weighted by molar-refractivity contribution is -0.141. The van der Waals surface area contributed by atoms with Crippen molar-refractivity contribution in [1.82, 2.24) is 9.55 Å². The molecule has 0 aliphatic carbocycles. The summed E-state index contributed by atoms with van der Waals surface area (Å²) in [6.07, 6.45) is 2.27. The summed E-state index contributed by atoms with van der Waals surface area (Å²) < 4.78 is 6.29. The predicted octanol–water partition coefficient (Wildman–Crippen LogP) is 2.78. The van der Waals surface area contributed by atoms with E-state index in [0.29, 0.717) is 31.8 Å². The standard InChI is InChI=1S/C19H26N4O3/c1-4-15-11-16(8-7-13(15)2)21-17-12-18(25)23(19(20)22-17)9-5-6-10-26-14(3)24/h7-8,11-12,21H,4-6,9-10H2,1-3H3,(H2,20,22). The number of nitrogens with zero attached hydrogens (tertiary/aromatic N) is 2. The van der Waals surface area contributed by atoms with Crippen LogP contribution in [0.3, 0.4) is 0 Å². The summed E-state index contributed by atoms with van der Waals surface area (Å²) in [5, 5.41) is 3.14. The van der Waals surface area contributed by atoms with Crippen molar-refractivity contribution in [3.63, 3.8) is 0 Å². The lowest BCUT2D eigenvalue weighted by atomic mass is 10.1. The van der Waals surface area contributed by atoms with Gasteiger partial charge in [0.15, 0.2) is 0 Å². The van der Waals surface area contributed by atoms with Gasteiger partial charge in [0.05, 0.1) is 6.61 Å². The molecule has 0 unspecified atom stereocenters. The molecule has 1 aromatic heterocycles. The molecule has 7 nitrogen and oxygen atoms in total. The van der Waals surface area contributed by atoms with E-state index in [9.17, 15) is 9.59 Å². The van der Waals surface area contributed by atoms with Crippen LogP contribution in [0.4, 0.5) is 17.5 Å². The number of ether oxygens (including phenoxy) is 1. The number of hydrogen-bond donors (Lipinski definition) is 2. The van der Waals surface area contributed by atoms with Crippen LogP contribution in [0.25, 0.3) is 0 Å². The van der Waals surface area contributed by atoms with Crippen LogP contribution in [-0.4, -0.2) is 22.1 Å². The van der Waals surface area contributed by atoms with Gasteiger partial charge in [-0.15, -0.1) is 0 Å². The van der Waals surface area contributed by atoms with Crippen molar-refractivity contribution in [3.8, 4) is 0 Å². The van der Waals surface area contributed by atoms with Gasteiger partial charge in [0, 0.05) is 25.2 Å². The number of esters is 1. The monoisotopic (exact) mass is 358 g/mol. The second-order valence-corrected chi connectivity index (χ2v) is 6.16. The van der Waals surface area contributed by atoms with E-state index in [0.717, 1.165) is 12.1 Å².